The third-order valence-corrected chi connectivity index (χ3v) is 17.1. The van der Waals surface area contributed by atoms with Crippen LogP contribution >= 0.6 is 0 Å². The van der Waals surface area contributed by atoms with Crippen LogP contribution in [0.15, 0.2) is 371 Å². The predicted octanol–water partition coefficient (Wildman–Crippen LogP) is 25.9. The van der Waals surface area contributed by atoms with Crippen molar-refractivity contribution in [3.63, 3.8) is 0 Å². The minimum Gasteiger partial charge on any atom is -0.497 e. The maximum Gasteiger partial charge on any atom is 0.120 e. The van der Waals surface area contributed by atoms with Crippen LogP contribution in [0.4, 0.5) is 34.1 Å². The Morgan fingerprint density at radius 1 is 0.270 bits per heavy atom. The lowest BCUT2D eigenvalue weighted by molar-refractivity contribution is 0.415. The molecule has 0 unspecified atom stereocenters. The van der Waals surface area contributed by atoms with E-state index in [-0.39, 0.29) is 0 Å². The molecule has 0 N–H and O–H groups in total. The van der Waals surface area contributed by atoms with Crippen molar-refractivity contribution >= 4 is 106 Å². The smallest absolute Gasteiger partial charge is 0.120 e. The van der Waals surface area contributed by atoms with Crippen molar-refractivity contribution in [3.05, 3.63) is 443 Å². The van der Waals surface area contributed by atoms with Crippen molar-refractivity contribution in [1.29, 1.82) is 0 Å². The van der Waals surface area contributed by atoms with Gasteiger partial charge in [-0.15, -0.1) is 0 Å². The van der Waals surface area contributed by atoms with Crippen molar-refractivity contribution in [2.24, 2.45) is 0 Å². The van der Waals surface area contributed by atoms with Gasteiger partial charge in [0.05, 0.1) is 14.2 Å². The zero-order valence-corrected chi connectivity index (χ0v) is 56.4. The number of allylic oxidation sites excluding steroid dienone is 9. The van der Waals surface area contributed by atoms with Crippen molar-refractivity contribution in [1.82, 2.24) is 0 Å². The summed E-state index contributed by atoms with van der Waals surface area (Å²) in [7, 11) is 3.41. The zero-order valence-electron chi connectivity index (χ0n) is 56.4. The lowest BCUT2D eigenvalue weighted by Crippen LogP contribution is -2.10. The summed E-state index contributed by atoms with van der Waals surface area (Å²) in [6, 6.07) is 108. The van der Waals surface area contributed by atoms with E-state index in [1.54, 1.807) is 20.3 Å². The number of hydrogen-bond donors (Lipinski definition) is 0. The zero-order chi connectivity index (χ0) is 68.5. The van der Waals surface area contributed by atoms with E-state index in [4.69, 9.17) is 9.47 Å². The minimum atomic E-state index is 0.792. The molecule has 0 aliphatic carbocycles. The van der Waals surface area contributed by atoms with Crippen molar-refractivity contribution in [2.75, 3.05) is 24.0 Å². The van der Waals surface area contributed by atoms with Gasteiger partial charge in [-0.2, -0.15) is 0 Å². The van der Waals surface area contributed by atoms with E-state index in [2.05, 4.69) is 375 Å². The number of benzene rings is 12. The van der Waals surface area contributed by atoms with Crippen molar-refractivity contribution in [3.8, 4) is 11.5 Å². The summed E-state index contributed by atoms with van der Waals surface area (Å²) in [6.07, 6.45) is 35.7. The molecule has 0 aliphatic rings. The molecule has 0 saturated heterocycles. The molecule has 12 aromatic carbocycles. The third kappa shape index (κ3) is 18.1. The van der Waals surface area contributed by atoms with Gasteiger partial charge in [0.15, 0.2) is 0 Å². The van der Waals surface area contributed by atoms with Gasteiger partial charge in [-0.1, -0.05) is 341 Å². The summed E-state index contributed by atoms with van der Waals surface area (Å²) in [5.74, 6) is 1.59. The highest BCUT2D eigenvalue weighted by Gasteiger charge is 2.16. The van der Waals surface area contributed by atoms with E-state index in [1.807, 2.05) is 54.6 Å². The first-order valence-electron chi connectivity index (χ1n) is 33.5. The fourth-order valence-corrected chi connectivity index (χ4v) is 11.7. The quantitative estimate of drug-likeness (QED) is 0.0398. The van der Waals surface area contributed by atoms with Crippen molar-refractivity contribution < 1.29 is 9.47 Å². The largest absolute Gasteiger partial charge is 0.497 e. The first kappa shape index (κ1) is 67.0. The van der Waals surface area contributed by atoms with Gasteiger partial charge in [0.2, 0.25) is 0 Å². The van der Waals surface area contributed by atoms with Crippen molar-refractivity contribution in [2.45, 2.75) is 0 Å². The average Bonchev–Trinajstić information content (AvgIpc) is 0.814. The molecular weight excluding hydrogens is 1210 g/mol. The molecule has 4 heteroatoms. The van der Waals surface area contributed by atoms with Crippen LogP contribution in [-0.4, -0.2) is 14.2 Å². The van der Waals surface area contributed by atoms with Crippen LogP contribution < -0.4 is 19.3 Å². The van der Waals surface area contributed by atoms with E-state index < -0.39 is 0 Å². The molecule has 484 valence electrons. The van der Waals surface area contributed by atoms with Gasteiger partial charge < -0.3 is 19.3 Å². The summed E-state index contributed by atoms with van der Waals surface area (Å²) < 4.78 is 11.4. The Bertz CT molecular complexity index is 4920. The number of hydrogen-bond acceptors (Lipinski definition) is 4. The Morgan fingerprint density at radius 3 is 0.840 bits per heavy atom. The van der Waals surface area contributed by atoms with E-state index in [0.717, 1.165) is 118 Å². The molecule has 0 aromatic heterocycles. The molecule has 12 aromatic rings. The molecule has 0 amide bonds. The maximum atomic E-state index is 5.69. The van der Waals surface area contributed by atoms with Gasteiger partial charge in [-0.25, -0.2) is 0 Å². The SMILES string of the molecule is C=C/C=C(C=C)/C(=C/C=C/c1ccc(/C=C/c2ccc(N(c3ccc(/C=C/c4ccc(/C=C/c5ccc(N(c6ccc(/C=C/c7ccc(/C=C/C=C(c8ccccc8)c8ccccc8)cc7)cc6)c6cccc(OC)c6)cc5)cc4)cc3)c3cccc(OC)c3)cc2)cc1)c1ccccc1. The highest BCUT2D eigenvalue weighted by atomic mass is 16.5. The monoisotopic (exact) mass is 1290 g/mol. The van der Waals surface area contributed by atoms with Gasteiger partial charge in [0.25, 0.3) is 0 Å². The van der Waals surface area contributed by atoms with Crippen LogP contribution in [0.1, 0.15) is 72.3 Å². The average molecular weight is 1290 g/mol. The van der Waals surface area contributed by atoms with Gasteiger partial charge in [0, 0.05) is 46.3 Å². The fraction of sp³-hybridized carbons (Fsp3) is 0.0208. The second kappa shape index (κ2) is 34.1. The Morgan fingerprint density at radius 2 is 0.550 bits per heavy atom. The van der Waals surface area contributed by atoms with Gasteiger partial charge >= 0.3 is 0 Å². The highest BCUT2D eigenvalue weighted by Crippen LogP contribution is 2.39. The Kier molecular flexibility index (Phi) is 22.8. The van der Waals surface area contributed by atoms with E-state index in [9.17, 15) is 0 Å². The molecule has 0 heterocycles. The number of methoxy groups -OCH3 is 2. The summed E-state index contributed by atoms with van der Waals surface area (Å²) in [5.41, 5.74) is 24.1. The first-order chi connectivity index (χ1) is 49.3. The summed E-state index contributed by atoms with van der Waals surface area (Å²) in [6.45, 7) is 7.93. The molecule has 100 heavy (non-hydrogen) atoms. The Balaban J connectivity index is 0.667. The summed E-state index contributed by atoms with van der Waals surface area (Å²) in [5, 5.41) is 0. The second-order valence-electron chi connectivity index (χ2n) is 23.8. The maximum absolute atomic E-state index is 5.69. The Labute approximate surface area is 590 Å². The van der Waals surface area contributed by atoms with Crippen LogP contribution in [0, 0.1) is 0 Å². The predicted molar refractivity (Wildman–Crippen MR) is 431 cm³/mol. The number of anilines is 6. The molecule has 0 fully saturated rings. The standard InChI is InChI=1S/C96H78N2O2/c1-5-20-83(6-2)95(84-23-10-7-11-24-84)33-16-21-73-35-39-75(40-36-73)47-51-79-55-63-87(64-56-79)97(91-29-18-31-93(71-91)99-3)89-67-59-81(60-68-89)53-49-77-43-45-78(46-44-77)50-54-82-61-69-90(70-62-82)98(92-30-19-32-94(72-92)100-4)88-65-57-80(58-66-88)52-48-76-41-37-74(38-42-76)22-17-34-96(85-25-12-8-13-26-85)86-27-14-9-15-28-86/h5-72H,1-2H2,3-4H3/b21-16+,22-17+,51-47+,52-48+,53-49+,54-50+,83-20+,95-33-. The normalized spacial score (nSPS) is 11.9. The van der Waals surface area contributed by atoms with Crippen LogP contribution in [0.2, 0.25) is 0 Å². The molecule has 0 spiro atoms. The van der Waals surface area contributed by atoms with Crippen LogP contribution in [0.3, 0.4) is 0 Å². The van der Waals surface area contributed by atoms with Gasteiger partial charge in [-0.05, 0) is 162 Å². The van der Waals surface area contributed by atoms with Crippen LogP contribution in [-0.2, 0) is 0 Å². The van der Waals surface area contributed by atoms with E-state index in [0.29, 0.717) is 0 Å². The molecule has 4 nitrogen and oxygen atoms in total. The molecule has 0 atom stereocenters. The third-order valence-electron chi connectivity index (χ3n) is 17.1. The van der Waals surface area contributed by atoms with Crippen LogP contribution in [0.25, 0.3) is 71.9 Å². The van der Waals surface area contributed by atoms with Gasteiger partial charge in [0.1, 0.15) is 11.5 Å². The molecule has 0 aliphatic heterocycles. The molecule has 0 saturated carbocycles. The molecule has 0 radical (unpaired) electrons. The number of rotatable bonds is 26. The van der Waals surface area contributed by atoms with E-state index >= 15 is 0 Å². The van der Waals surface area contributed by atoms with E-state index in [1.165, 1.54) is 16.7 Å². The number of ether oxygens (including phenoxy) is 2. The molecular formula is C96H78N2O2. The Hall–Kier alpha value is -13.0. The molecule has 0 bridgehead atoms. The van der Waals surface area contributed by atoms with Crippen LogP contribution in [0.5, 0.6) is 11.5 Å². The minimum absolute atomic E-state index is 0.792. The molecule has 12 rings (SSSR count). The summed E-state index contributed by atoms with van der Waals surface area (Å²) >= 11 is 0. The van der Waals surface area contributed by atoms with Gasteiger partial charge in [-0.3, -0.25) is 0 Å². The second-order valence-corrected chi connectivity index (χ2v) is 23.8. The lowest BCUT2D eigenvalue weighted by Gasteiger charge is -2.26. The topological polar surface area (TPSA) is 24.9 Å². The number of nitrogens with zero attached hydrogens (tertiary/aromatic N) is 2. The summed E-state index contributed by atoms with van der Waals surface area (Å²) in [4.78, 5) is 4.52. The first-order valence-corrected chi connectivity index (χ1v) is 33.5. The highest BCUT2D eigenvalue weighted by molar-refractivity contribution is 5.86. The fourth-order valence-electron chi connectivity index (χ4n) is 11.7. The lowest BCUT2D eigenvalue weighted by atomic mass is 9.96.